The van der Waals surface area contributed by atoms with Crippen LogP contribution in [0.2, 0.25) is 0 Å². The zero-order valence-corrected chi connectivity index (χ0v) is 16.4. The van der Waals surface area contributed by atoms with Gasteiger partial charge in [0.05, 0.1) is 17.1 Å². The molecule has 0 spiro atoms. The molecule has 1 N–H and O–H groups in total. The Labute approximate surface area is 170 Å². The van der Waals surface area contributed by atoms with Crippen LogP contribution in [0.25, 0.3) is 28.2 Å². The molecule has 0 saturated carbocycles. The topological polar surface area (TPSA) is 46.9 Å². The van der Waals surface area contributed by atoms with Gasteiger partial charge in [-0.25, -0.2) is 4.68 Å². The molecule has 0 unspecified atom stereocenters. The maximum Gasteiger partial charge on any atom is 0.251 e. The highest BCUT2D eigenvalue weighted by Gasteiger charge is 2.13. The third kappa shape index (κ3) is 4.11. The lowest BCUT2D eigenvalue weighted by atomic mass is 10.1. The van der Waals surface area contributed by atoms with Crippen molar-refractivity contribution >= 4 is 5.91 Å². The second-order valence-electron chi connectivity index (χ2n) is 6.86. The third-order valence-electron chi connectivity index (χ3n) is 4.76. The number of nitrogens with zero attached hydrogens (tertiary/aromatic N) is 2. The van der Waals surface area contributed by atoms with Gasteiger partial charge in [0.15, 0.2) is 0 Å². The summed E-state index contributed by atoms with van der Waals surface area (Å²) in [5.74, 6) is -0.0490. The molecular formula is C25H23N3O. The molecule has 1 heterocycles. The fourth-order valence-corrected chi connectivity index (χ4v) is 3.24. The lowest BCUT2D eigenvalue weighted by Gasteiger charge is -2.09. The molecule has 4 heteroatoms. The Bertz CT molecular complexity index is 1080. The van der Waals surface area contributed by atoms with Gasteiger partial charge in [0, 0.05) is 23.2 Å². The van der Waals surface area contributed by atoms with Crippen molar-refractivity contribution in [1.82, 2.24) is 15.1 Å². The Balaban J connectivity index is 1.74. The maximum atomic E-state index is 12.2. The van der Waals surface area contributed by atoms with Crippen molar-refractivity contribution in [2.75, 3.05) is 6.54 Å². The van der Waals surface area contributed by atoms with Crippen molar-refractivity contribution in [3.8, 4) is 28.2 Å². The Kier molecular flexibility index (Phi) is 5.52. The first-order valence-electron chi connectivity index (χ1n) is 9.86. The van der Waals surface area contributed by atoms with Gasteiger partial charge in [0.1, 0.15) is 0 Å². The largest absolute Gasteiger partial charge is 0.352 e. The number of aromatic nitrogens is 2. The van der Waals surface area contributed by atoms with Gasteiger partial charge in [-0.15, -0.1) is 0 Å². The van der Waals surface area contributed by atoms with E-state index in [-0.39, 0.29) is 5.91 Å². The Morgan fingerprint density at radius 1 is 0.862 bits per heavy atom. The SMILES string of the molecule is CCCNC(=O)c1ccc(-n2nc(-c3ccccc3)cc2-c2ccccc2)cc1. The summed E-state index contributed by atoms with van der Waals surface area (Å²) in [6.45, 7) is 2.72. The Morgan fingerprint density at radius 3 is 2.10 bits per heavy atom. The average Bonchev–Trinajstić information content (AvgIpc) is 3.24. The van der Waals surface area contributed by atoms with E-state index >= 15 is 0 Å². The monoisotopic (exact) mass is 381 g/mol. The van der Waals surface area contributed by atoms with Crippen LogP contribution in [0.3, 0.4) is 0 Å². The quantitative estimate of drug-likeness (QED) is 0.490. The maximum absolute atomic E-state index is 12.2. The van der Waals surface area contributed by atoms with Gasteiger partial charge in [-0.1, -0.05) is 67.6 Å². The van der Waals surface area contributed by atoms with E-state index in [4.69, 9.17) is 5.10 Å². The van der Waals surface area contributed by atoms with Crippen LogP contribution in [0.4, 0.5) is 0 Å². The van der Waals surface area contributed by atoms with E-state index in [1.165, 1.54) is 0 Å². The van der Waals surface area contributed by atoms with Crippen LogP contribution in [-0.4, -0.2) is 22.2 Å². The van der Waals surface area contributed by atoms with E-state index in [9.17, 15) is 4.79 Å². The van der Waals surface area contributed by atoms with Crippen molar-refractivity contribution in [2.45, 2.75) is 13.3 Å². The summed E-state index contributed by atoms with van der Waals surface area (Å²) in [7, 11) is 0. The summed E-state index contributed by atoms with van der Waals surface area (Å²) in [5.41, 5.74) is 5.64. The summed E-state index contributed by atoms with van der Waals surface area (Å²) in [5, 5.41) is 7.78. The van der Waals surface area contributed by atoms with Crippen LogP contribution in [0.5, 0.6) is 0 Å². The van der Waals surface area contributed by atoms with E-state index in [0.29, 0.717) is 12.1 Å². The van der Waals surface area contributed by atoms with Gasteiger partial charge in [0.2, 0.25) is 0 Å². The third-order valence-corrected chi connectivity index (χ3v) is 4.76. The highest BCUT2D eigenvalue weighted by Crippen LogP contribution is 2.28. The van der Waals surface area contributed by atoms with Gasteiger partial charge in [0.25, 0.3) is 5.91 Å². The average molecular weight is 381 g/mol. The number of hydrogen-bond acceptors (Lipinski definition) is 2. The summed E-state index contributed by atoms with van der Waals surface area (Å²) in [6.07, 6.45) is 0.916. The first-order valence-corrected chi connectivity index (χ1v) is 9.86. The minimum atomic E-state index is -0.0490. The van der Waals surface area contributed by atoms with Gasteiger partial charge in [-0.3, -0.25) is 4.79 Å². The van der Waals surface area contributed by atoms with E-state index in [0.717, 1.165) is 34.6 Å². The van der Waals surface area contributed by atoms with Crippen molar-refractivity contribution in [1.29, 1.82) is 0 Å². The van der Waals surface area contributed by atoms with Crippen LogP contribution < -0.4 is 5.32 Å². The molecule has 4 aromatic rings. The molecule has 144 valence electrons. The Morgan fingerprint density at radius 2 is 1.48 bits per heavy atom. The predicted octanol–water partition coefficient (Wildman–Crippen LogP) is 5.35. The second kappa shape index (κ2) is 8.57. The molecule has 0 aliphatic carbocycles. The van der Waals surface area contributed by atoms with Crippen molar-refractivity contribution < 1.29 is 4.79 Å². The van der Waals surface area contributed by atoms with E-state index in [2.05, 4.69) is 35.6 Å². The summed E-state index contributed by atoms with van der Waals surface area (Å²) >= 11 is 0. The lowest BCUT2D eigenvalue weighted by Crippen LogP contribution is -2.23. The molecule has 0 atom stereocenters. The van der Waals surface area contributed by atoms with E-state index < -0.39 is 0 Å². The van der Waals surface area contributed by atoms with Crippen LogP contribution in [0.1, 0.15) is 23.7 Å². The van der Waals surface area contributed by atoms with Gasteiger partial charge >= 0.3 is 0 Å². The van der Waals surface area contributed by atoms with E-state index in [1.807, 2.05) is 72.3 Å². The van der Waals surface area contributed by atoms with Crippen LogP contribution in [0, 0.1) is 0 Å². The molecule has 0 radical (unpaired) electrons. The molecule has 4 rings (SSSR count). The predicted molar refractivity (Wildman–Crippen MR) is 117 cm³/mol. The zero-order chi connectivity index (χ0) is 20.1. The van der Waals surface area contributed by atoms with Crippen molar-refractivity contribution in [3.05, 3.63) is 96.6 Å². The smallest absolute Gasteiger partial charge is 0.251 e. The standard InChI is InChI=1S/C25H23N3O/c1-2-17-26-25(29)21-13-15-22(16-14-21)28-24(20-11-7-4-8-12-20)18-23(27-28)19-9-5-3-6-10-19/h3-16,18H,2,17H2,1H3,(H,26,29). The van der Waals surface area contributed by atoms with Crippen molar-refractivity contribution in [2.24, 2.45) is 0 Å². The number of carbonyl (C=O) groups is 1. The highest BCUT2D eigenvalue weighted by molar-refractivity contribution is 5.94. The molecule has 1 aromatic heterocycles. The highest BCUT2D eigenvalue weighted by atomic mass is 16.1. The normalized spacial score (nSPS) is 10.7. The minimum Gasteiger partial charge on any atom is -0.352 e. The van der Waals surface area contributed by atoms with Crippen LogP contribution >= 0.6 is 0 Å². The molecule has 0 fully saturated rings. The molecule has 29 heavy (non-hydrogen) atoms. The molecule has 0 bridgehead atoms. The number of rotatable bonds is 6. The van der Waals surface area contributed by atoms with Gasteiger partial charge in [-0.2, -0.15) is 5.10 Å². The minimum absolute atomic E-state index is 0.0490. The van der Waals surface area contributed by atoms with Crippen LogP contribution in [0.15, 0.2) is 91.0 Å². The van der Waals surface area contributed by atoms with E-state index in [1.54, 1.807) is 0 Å². The fraction of sp³-hybridized carbons (Fsp3) is 0.120. The number of nitrogens with one attached hydrogen (secondary N) is 1. The van der Waals surface area contributed by atoms with Crippen molar-refractivity contribution in [3.63, 3.8) is 0 Å². The number of hydrogen-bond donors (Lipinski definition) is 1. The second-order valence-corrected chi connectivity index (χ2v) is 6.86. The fourth-order valence-electron chi connectivity index (χ4n) is 3.24. The number of amides is 1. The van der Waals surface area contributed by atoms with Gasteiger partial charge < -0.3 is 5.32 Å². The molecule has 1 amide bonds. The first kappa shape index (κ1) is 18.7. The summed E-state index contributed by atoms with van der Waals surface area (Å²) < 4.78 is 1.94. The number of carbonyl (C=O) groups excluding carboxylic acids is 1. The molecule has 0 aliphatic rings. The number of benzene rings is 3. The first-order chi connectivity index (χ1) is 14.3. The van der Waals surface area contributed by atoms with Gasteiger partial charge in [-0.05, 0) is 36.8 Å². The Hall–Kier alpha value is -3.66. The molecular weight excluding hydrogens is 358 g/mol. The summed E-state index contributed by atoms with van der Waals surface area (Å²) in [6, 6.07) is 30.0. The molecule has 3 aromatic carbocycles. The van der Waals surface area contributed by atoms with Crippen LogP contribution in [-0.2, 0) is 0 Å². The lowest BCUT2D eigenvalue weighted by molar-refractivity contribution is 0.0953. The summed E-state index contributed by atoms with van der Waals surface area (Å²) in [4.78, 5) is 12.2. The molecule has 0 aliphatic heterocycles. The molecule has 4 nitrogen and oxygen atoms in total. The zero-order valence-electron chi connectivity index (χ0n) is 16.4. The molecule has 0 saturated heterocycles.